The Bertz CT molecular complexity index is 496. The predicted octanol–water partition coefficient (Wildman–Crippen LogP) is 4.54. The van der Waals surface area contributed by atoms with Crippen LogP contribution in [-0.4, -0.2) is 0 Å². The van der Waals surface area contributed by atoms with Crippen LogP contribution in [-0.2, 0) is 6.61 Å². The summed E-state index contributed by atoms with van der Waals surface area (Å²) < 4.78 is 19.5. The number of hydrogen-bond acceptors (Lipinski definition) is 2. The highest BCUT2D eigenvalue weighted by Gasteiger charge is 2.04. The van der Waals surface area contributed by atoms with Gasteiger partial charge in [0, 0.05) is 4.47 Å². The van der Waals surface area contributed by atoms with Crippen molar-refractivity contribution in [3.05, 3.63) is 50.4 Å². The first-order valence-electron chi connectivity index (χ1n) is 4.77. The summed E-state index contributed by atoms with van der Waals surface area (Å²) in [5, 5.41) is 2.00. The first-order chi connectivity index (χ1) is 7.66. The summed E-state index contributed by atoms with van der Waals surface area (Å²) in [6.45, 7) is 2.34. The Morgan fingerprint density at radius 1 is 1.38 bits per heavy atom. The monoisotopic (exact) mass is 300 g/mol. The quantitative estimate of drug-likeness (QED) is 0.809. The molecule has 0 atom stereocenters. The zero-order valence-electron chi connectivity index (χ0n) is 8.67. The first kappa shape index (κ1) is 11.6. The van der Waals surface area contributed by atoms with E-state index in [2.05, 4.69) is 15.9 Å². The van der Waals surface area contributed by atoms with E-state index in [1.807, 2.05) is 18.4 Å². The Labute approximate surface area is 106 Å². The second kappa shape index (κ2) is 4.97. The van der Waals surface area contributed by atoms with Crippen molar-refractivity contribution in [3.8, 4) is 5.75 Å². The Kier molecular flexibility index (Phi) is 3.61. The minimum atomic E-state index is -0.234. The van der Waals surface area contributed by atoms with Crippen molar-refractivity contribution >= 4 is 27.3 Å². The van der Waals surface area contributed by atoms with Crippen LogP contribution in [0, 0.1) is 12.7 Å². The molecule has 0 radical (unpaired) electrons. The van der Waals surface area contributed by atoms with Crippen molar-refractivity contribution in [1.29, 1.82) is 0 Å². The van der Waals surface area contributed by atoms with E-state index in [9.17, 15) is 4.39 Å². The number of hydrogen-bond donors (Lipinski definition) is 0. The number of thiophene rings is 1. The molecule has 0 fully saturated rings. The van der Waals surface area contributed by atoms with Crippen LogP contribution in [0.4, 0.5) is 4.39 Å². The lowest BCUT2D eigenvalue weighted by molar-refractivity contribution is 0.306. The van der Waals surface area contributed by atoms with Crippen molar-refractivity contribution in [2.75, 3.05) is 0 Å². The molecule has 0 saturated carbocycles. The maximum Gasteiger partial charge on any atom is 0.124 e. The van der Waals surface area contributed by atoms with Crippen LogP contribution in [0.3, 0.4) is 0 Å². The Morgan fingerprint density at radius 2 is 2.19 bits per heavy atom. The molecule has 16 heavy (non-hydrogen) atoms. The minimum Gasteiger partial charge on any atom is -0.488 e. The van der Waals surface area contributed by atoms with Gasteiger partial charge in [-0.3, -0.25) is 0 Å². The summed E-state index contributed by atoms with van der Waals surface area (Å²) in [4.78, 5) is 1.13. The van der Waals surface area contributed by atoms with E-state index < -0.39 is 0 Å². The molecule has 2 aromatic rings. The van der Waals surface area contributed by atoms with Crippen molar-refractivity contribution in [1.82, 2.24) is 0 Å². The van der Waals surface area contributed by atoms with E-state index in [1.165, 1.54) is 12.1 Å². The summed E-state index contributed by atoms with van der Waals surface area (Å²) in [5.41, 5.74) is 0.813. The van der Waals surface area contributed by atoms with E-state index in [0.29, 0.717) is 6.61 Å². The van der Waals surface area contributed by atoms with E-state index in [4.69, 9.17) is 4.74 Å². The summed E-state index contributed by atoms with van der Waals surface area (Å²) in [7, 11) is 0. The predicted molar refractivity (Wildman–Crippen MR) is 67.5 cm³/mol. The molecule has 4 heteroatoms. The highest BCUT2D eigenvalue weighted by molar-refractivity contribution is 9.10. The molecule has 0 amide bonds. The Balaban J connectivity index is 2.08. The lowest BCUT2D eigenvalue weighted by Crippen LogP contribution is -1.95. The molecule has 2 rings (SSSR count). The molecule has 84 valence electrons. The largest absolute Gasteiger partial charge is 0.488 e. The summed E-state index contributed by atoms with van der Waals surface area (Å²) >= 11 is 5.07. The molecule has 0 bridgehead atoms. The van der Waals surface area contributed by atoms with Gasteiger partial charge in [-0.15, -0.1) is 11.3 Å². The molecule has 0 saturated heterocycles. The highest BCUT2D eigenvalue weighted by Crippen LogP contribution is 2.25. The maximum atomic E-state index is 12.9. The molecule has 1 heterocycles. The van der Waals surface area contributed by atoms with Crippen LogP contribution in [0.25, 0.3) is 0 Å². The normalized spacial score (nSPS) is 10.4. The van der Waals surface area contributed by atoms with Crippen LogP contribution in [0.1, 0.15) is 10.4 Å². The molecule has 0 aliphatic rings. The fourth-order valence-corrected chi connectivity index (χ4v) is 2.72. The van der Waals surface area contributed by atoms with Gasteiger partial charge >= 0.3 is 0 Å². The van der Waals surface area contributed by atoms with Gasteiger partial charge in [-0.1, -0.05) is 0 Å². The number of benzene rings is 1. The standard InChI is InChI=1S/C12H10BrFOS/c1-8-6-9(14)2-3-11(8)15-7-12-10(13)4-5-16-12/h2-6H,7H2,1H3. The smallest absolute Gasteiger partial charge is 0.124 e. The fraction of sp³-hybridized carbons (Fsp3) is 0.167. The van der Waals surface area contributed by atoms with Crippen molar-refractivity contribution in [2.24, 2.45) is 0 Å². The number of ether oxygens (including phenoxy) is 1. The number of halogens is 2. The second-order valence-corrected chi connectivity index (χ2v) is 5.25. The van der Waals surface area contributed by atoms with Crippen molar-refractivity contribution < 1.29 is 9.13 Å². The van der Waals surface area contributed by atoms with Gasteiger partial charge in [-0.2, -0.15) is 0 Å². The van der Waals surface area contributed by atoms with Crippen LogP contribution in [0.2, 0.25) is 0 Å². The minimum absolute atomic E-state index is 0.234. The third kappa shape index (κ3) is 2.62. The zero-order valence-corrected chi connectivity index (χ0v) is 11.1. The average molecular weight is 301 g/mol. The lowest BCUT2D eigenvalue weighted by atomic mass is 10.2. The van der Waals surface area contributed by atoms with E-state index in [0.717, 1.165) is 20.7 Å². The number of rotatable bonds is 3. The third-order valence-electron chi connectivity index (χ3n) is 2.19. The van der Waals surface area contributed by atoms with Gasteiger partial charge in [0.15, 0.2) is 0 Å². The van der Waals surface area contributed by atoms with E-state index >= 15 is 0 Å². The van der Waals surface area contributed by atoms with Crippen molar-refractivity contribution in [3.63, 3.8) is 0 Å². The van der Waals surface area contributed by atoms with Gasteiger partial charge in [0.2, 0.25) is 0 Å². The molecule has 0 aliphatic heterocycles. The average Bonchev–Trinajstić information content (AvgIpc) is 2.63. The zero-order chi connectivity index (χ0) is 11.5. The molecule has 0 N–H and O–H groups in total. The van der Waals surface area contributed by atoms with E-state index in [1.54, 1.807) is 17.4 Å². The molecule has 1 aromatic carbocycles. The molecule has 0 aliphatic carbocycles. The summed E-state index contributed by atoms with van der Waals surface area (Å²) in [6, 6.07) is 6.53. The molecular weight excluding hydrogens is 291 g/mol. The Morgan fingerprint density at radius 3 is 2.81 bits per heavy atom. The van der Waals surface area contributed by atoms with Crippen LogP contribution < -0.4 is 4.74 Å². The molecule has 1 aromatic heterocycles. The van der Waals surface area contributed by atoms with Gasteiger partial charge in [0.25, 0.3) is 0 Å². The van der Waals surface area contributed by atoms with Gasteiger partial charge in [-0.25, -0.2) is 4.39 Å². The molecule has 0 spiro atoms. The van der Waals surface area contributed by atoms with Crippen LogP contribution >= 0.6 is 27.3 Å². The van der Waals surface area contributed by atoms with Crippen molar-refractivity contribution in [2.45, 2.75) is 13.5 Å². The summed E-state index contributed by atoms with van der Waals surface area (Å²) in [6.07, 6.45) is 0. The van der Waals surface area contributed by atoms with Gasteiger partial charge in [-0.05, 0) is 58.1 Å². The molecule has 0 unspecified atom stereocenters. The lowest BCUT2D eigenvalue weighted by Gasteiger charge is -2.08. The third-order valence-corrected chi connectivity index (χ3v) is 4.09. The van der Waals surface area contributed by atoms with E-state index in [-0.39, 0.29) is 5.82 Å². The van der Waals surface area contributed by atoms with Crippen LogP contribution in [0.5, 0.6) is 5.75 Å². The highest BCUT2D eigenvalue weighted by atomic mass is 79.9. The van der Waals surface area contributed by atoms with Gasteiger partial charge < -0.3 is 4.74 Å². The van der Waals surface area contributed by atoms with Gasteiger partial charge in [0.1, 0.15) is 18.2 Å². The second-order valence-electron chi connectivity index (χ2n) is 3.39. The molecule has 1 nitrogen and oxygen atoms in total. The van der Waals surface area contributed by atoms with Gasteiger partial charge in [0.05, 0.1) is 4.88 Å². The summed E-state index contributed by atoms with van der Waals surface area (Å²) in [5.74, 6) is 0.490. The SMILES string of the molecule is Cc1cc(F)ccc1OCc1sccc1Br. The number of aryl methyl sites for hydroxylation is 1. The Hall–Kier alpha value is -0.870. The first-order valence-corrected chi connectivity index (χ1v) is 6.45. The fourth-order valence-electron chi connectivity index (χ4n) is 1.35. The van der Waals surface area contributed by atoms with Crippen LogP contribution in [0.15, 0.2) is 34.1 Å². The molecular formula is C12H10BrFOS. The topological polar surface area (TPSA) is 9.23 Å². The maximum absolute atomic E-state index is 12.9.